The Balaban J connectivity index is 1.68. The minimum absolute atomic E-state index is 0.214. The summed E-state index contributed by atoms with van der Waals surface area (Å²) in [5, 5.41) is 5.68. The molecule has 3 aromatic rings. The standard InChI is InChI=1S/C16H13F2N3OS/c1-9(11-7-6-10(17)8-12(11)18)19-15(22)21-16-20-13-4-2-3-5-14(13)23-16/h2-9H,1H3,(H2,19,20,21,22)/t9-/m0/s1. The van der Waals surface area contributed by atoms with Gasteiger partial charge in [0.25, 0.3) is 0 Å². The molecule has 1 atom stereocenters. The Morgan fingerprint density at radius 1 is 1.22 bits per heavy atom. The average Bonchev–Trinajstić information content (AvgIpc) is 2.88. The van der Waals surface area contributed by atoms with E-state index in [1.807, 2.05) is 24.3 Å². The van der Waals surface area contributed by atoms with Crippen molar-refractivity contribution in [2.24, 2.45) is 0 Å². The van der Waals surface area contributed by atoms with Crippen molar-refractivity contribution in [2.45, 2.75) is 13.0 Å². The number of thiazole rings is 1. The number of nitrogens with one attached hydrogen (secondary N) is 2. The van der Waals surface area contributed by atoms with Gasteiger partial charge in [0.05, 0.1) is 16.3 Å². The first-order valence-corrected chi connectivity index (χ1v) is 7.72. The highest BCUT2D eigenvalue weighted by Gasteiger charge is 2.15. The Morgan fingerprint density at radius 2 is 2.00 bits per heavy atom. The minimum Gasteiger partial charge on any atom is -0.331 e. The van der Waals surface area contributed by atoms with Gasteiger partial charge in [-0.2, -0.15) is 0 Å². The van der Waals surface area contributed by atoms with Crippen LogP contribution in [0.15, 0.2) is 42.5 Å². The Hall–Kier alpha value is -2.54. The number of aromatic nitrogens is 1. The van der Waals surface area contributed by atoms with Crippen molar-refractivity contribution in [3.8, 4) is 0 Å². The number of fused-ring (bicyclic) bond motifs is 1. The molecule has 1 heterocycles. The van der Waals surface area contributed by atoms with Gasteiger partial charge in [0.1, 0.15) is 11.6 Å². The van der Waals surface area contributed by atoms with E-state index in [-0.39, 0.29) is 5.56 Å². The minimum atomic E-state index is -0.696. The van der Waals surface area contributed by atoms with E-state index in [9.17, 15) is 13.6 Å². The fourth-order valence-corrected chi connectivity index (χ4v) is 3.05. The quantitative estimate of drug-likeness (QED) is 0.743. The Labute approximate surface area is 135 Å². The molecule has 0 fully saturated rings. The van der Waals surface area contributed by atoms with Crippen LogP contribution in [-0.4, -0.2) is 11.0 Å². The third kappa shape index (κ3) is 3.45. The molecule has 118 valence electrons. The molecule has 0 aliphatic heterocycles. The maximum Gasteiger partial charge on any atom is 0.321 e. The zero-order chi connectivity index (χ0) is 16.4. The smallest absolute Gasteiger partial charge is 0.321 e. The summed E-state index contributed by atoms with van der Waals surface area (Å²) in [5.41, 5.74) is 1.01. The molecular formula is C16H13F2N3OS. The number of urea groups is 1. The zero-order valence-corrected chi connectivity index (χ0v) is 13.0. The summed E-state index contributed by atoms with van der Waals surface area (Å²) >= 11 is 1.35. The number of hydrogen-bond donors (Lipinski definition) is 2. The van der Waals surface area contributed by atoms with Crippen LogP contribution < -0.4 is 10.6 Å². The lowest BCUT2D eigenvalue weighted by Crippen LogP contribution is -2.31. The highest BCUT2D eigenvalue weighted by atomic mass is 32.1. The van der Waals surface area contributed by atoms with E-state index in [1.165, 1.54) is 17.4 Å². The van der Waals surface area contributed by atoms with Gasteiger partial charge in [-0.15, -0.1) is 0 Å². The number of anilines is 1. The third-order valence-electron chi connectivity index (χ3n) is 3.29. The van der Waals surface area contributed by atoms with Crippen LogP contribution in [0.25, 0.3) is 10.2 Å². The van der Waals surface area contributed by atoms with Crippen LogP contribution in [0.5, 0.6) is 0 Å². The Morgan fingerprint density at radius 3 is 2.74 bits per heavy atom. The number of amides is 2. The molecule has 0 aliphatic rings. The number of carbonyl (C=O) groups excluding carboxylic acids is 1. The van der Waals surface area contributed by atoms with E-state index in [0.29, 0.717) is 5.13 Å². The summed E-state index contributed by atoms with van der Waals surface area (Å²) in [5.74, 6) is -1.35. The lowest BCUT2D eigenvalue weighted by molar-refractivity contribution is 0.249. The van der Waals surface area contributed by atoms with Gasteiger partial charge < -0.3 is 5.32 Å². The van der Waals surface area contributed by atoms with Crippen molar-refractivity contribution in [3.63, 3.8) is 0 Å². The van der Waals surface area contributed by atoms with E-state index < -0.39 is 23.7 Å². The van der Waals surface area contributed by atoms with E-state index >= 15 is 0 Å². The van der Waals surface area contributed by atoms with Crippen molar-refractivity contribution < 1.29 is 13.6 Å². The molecule has 23 heavy (non-hydrogen) atoms. The van der Waals surface area contributed by atoms with Gasteiger partial charge in [0, 0.05) is 11.6 Å². The molecule has 2 amide bonds. The van der Waals surface area contributed by atoms with Crippen molar-refractivity contribution in [1.29, 1.82) is 0 Å². The largest absolute Gasteiger partial charge is 0.331 e. The molecule has 3 rings (SSSR count). The predicted octanol–water partition coefficient (Wildman–Crippen LogP) is 4.46. The summed E-state index contributed by atoms with van der Waals surface area (Å²) < 4.78 is 27.6. The van der Waals surface area contributed by atoms with Gasteiger partial charge in [-0.05, 0) is 25.1 Å². The number of nitrogens with zero attached hydrogens (tertiary/aromatic N) is 1. The second kappa shape index (κ2) is 6.29. The van der Waals surface area contributed by atoms with Crippen LogP contribution in [0, 0.1) is 11.6 Å². The van der Waals surface area contributed by atoms with Crippen molar-refractivity contribution in [3.05, 3.63) is 59.7 Å². The van der Waals surface area contributed by atoms with Gasteiger partial charge in [-0.3, -0.25) is 5.32 Å². The highest BCUT2D eigenvalue weighted by molar-refractivity contribution is 7.22. The van der Waals surface area contributed by atoms with Crippen molar-refractivity contribution >= 4 is 32.7 Å². The van der Waals surface area contributed by atoms with Crippen molar-refractivity contribution in [2.75, 3.05) is 5.32 Å². The lowest BCUT2D eigenvalue weighted by Gasteiger charge is -2.15. The van der Waals surface area contributed by atoms with E-state index in [2.05, 4.69) is 15.6 Å². The van der Waals surface area contributed by atoms with Crippen LogP contribution in [-0.2, 0) is 0 Å². The summed E-state index contributed by atoms with van der Waals surface area (Å²) in [6.07, 6.45) is 0. The first-order valence-electron chi connectivity index (χ1n) is 6.91. The summed E-state index contributed by atoms with van der Waals surface area (Å²) in [6, 6.07) is 9.67. The summed E-state index contributed by atoms with van der Waals surface area (Å²) in [4.78, 5) is 16.3. The van der Waals surface area contributed by atoms with Crippen molar-refractivity contribution in [1.82, 2.24) is 10.3 Å². The average molecular weight is 333 g/mol. The Kier molecular flexibility index (Phi) is 4.20. The zero-order valence-electron chi connectivity index (χ0n) is 12.1. The van der Waals surface area contributed by atoms with Gasteiger partial charge in [0.15, 0.2) is 5.13 Å². The molecule has 0 bridgehead atoms. The van der Waals surface area contributed by atoms with Crippen LogP contribution in [0.3, 0.4) is 0 Å². The molecule has 7 heteroatoms. The van der Waals surface area contributed by atoms with Gasteiger partial charge in [-0.25, -0.2) is 18.6 Å². The fourth-order valence-electron chi connectivity index (χ4n) is 2.19. The number of carbonyl (C=O) groups is 1. The fraction of sp³-hybridized carbons (Fsp3) is 0.125. The molecule has 2 N–H and O–H groups in total. The second-order valence-corrected chi connectivity index (χ2v) is 6.00. The number of rotatable bonds is 3. The molecule has 2 aromatic carbocycles. The SMILES string of the molecule is C[C@H](NC(=O)Nc1nc2ccccc2s1)c1ccc(F)cc1F. The van der Waals surface area contributed by atoms with E-state index in [4.69, 9.17) is 0 Å². The van der Waals surface area contributed by atoms with Crippen LogP contribution in [0.2, 0.25) is 0 Å². The third-order valence-corrected chi connectivity index (χ3v) is 4.24. The van der Waals surface area contributed by atoms with Gasteiger partial charge >= 0.3 is 6.03 Å². The molecule has 0 saturated heterocycles. The normalized spacial score (nSPS) is 12.1. The summed E-state index contributed by atoms with van der Waals surface area (Å²) in [6.45, 7) is 1.62. The summed E-state index contributed by atoms with van der Waals surface area (Å²) in [7, 11) is 0. The maximum atomic E-state index is 13.7. The van der Waals surface area contributed by atoms with E-state index in [0.717, 1.165) is 22.3 Å². The van der Waals surface area contributed by atoms with E-state index in [1.54, 1.807) is 6.92 Å². The monoisotopic (exact) mass is 333 g/mol. The van der Waals surface area contributed by atoms with Crippen LogP contribution in [0.1, 0.15) is 18.5 Å². The number of halogens is 2. The number of benzene rings is 2. The molecule has 0 unspecified atom stereocenters. The molecule has 1 aromatic heterocycles. The molecule has 0 aliphatic carbocycles. The first-order chi connectivity index (χ1) is 11.0. The molecule has 4 nitrogen and oxygen atoms in total. The van der Waals surface area contributed by atoms with Gasteiger partial charge in [-0.1, -0.05) is 29.5 Å². The highest BCUT2D eigenvalue weighted by Crippen LogP contribution is 2.25. The van der Waals surface area contributed by atoms with Gasteiger partial charge in [0.2, 0.25) is 0 Å². The van der Waals surface area contributed by atoms with Crippen LogP contribution in [0.4, 0.5) is 18.7 Å². The Bertz CT molecular complexity index is 832. The second-order valence-electron chi connectivity index (χ2n) is 4.97. The molecule has 0 radical (unpaired) electrons. The molecule has 0 spiro atoms. The maximum absolute atomic E-state index is 13.7. The topological polar surface area (TPSA) is 54.0 Å². The molecule has 0 saturated carbocycles. The number of para-hydroxylation sites is 1. The number of hydrogen-bond acceptors (Lipinski definition) is 3. The molecular weight excluding hydrogens is 320 g/mol. The first kappa shape index (κ1) is 15.4. The predicted molar refractivity (Wildman–Crippen MR) is 86.5 cm³/mol. The lowest BCUT2D eigenvalue weighted by atomic mass is 10.1. The van der Waals surface area contributed by atoms with Crippen LogP contribution >= 0.6 is 11.3 Å².